The van der Waals surface area contributed by atoms with E-state index in [1.807, 2.05) is 5.43 Å². The fourth-order valence-electron chi connectivity index (χ4n) is 2.03. The first kappa shape index (κ1) is 20.2. The van der Waals surface area contributed by atoms with Gasteiger partial charge < -0.3 is 15.2 Å². The van der Waals surface area contributed by atoms with Crippen LogP contribution in [-0.2, 0) is 16.2 Å². The van der Waals surface area contributed by atoms with Crippen molar-refractivity contribution in [1.82, 2.24) is 5.43 Å². The maximum absolute atomic E-state index is 13.8. The van der Waals surface area contributed by atoms with Crippen molar-refractivity contribution in [2.45, 2.75) is 13.5 Å². The van der Waals surface area contributed by atoms with Crippen LogP contribution in [0.4, 0.5) is 4.39 Å². The van der Waals surface area contributed by atoms with Crippen LogP contribution < -0.4 is 20.6 Å². The lowest BCUT2D eigenvalue weighted by Crippen LogP contribution is -2.32. The number of nitrogens with two attached hydrogens (primary N) is 1. The zero-order valence-electron chi connectivity index (χ0n) is 14.4. The Morgan fingerprint density at radius 3 is 2.70 bits per heavy atom. The highest BCUT2D eigenvalue weighted by Crippen LogP contribution is 2.30. The van der Waals surface area contributed by atoms with Gasteiger partial charge in [-0.15, -0.1) is 0 Å². The molecule has 27 heavy (non-hydrogen) atoms. The van der Waals surface area contributed by atoms with Crippen LogP contribution in [-0.4, -0.2) is 24.6 Å². The third kappa shape index (κ3) is 5.68. The van der Waals surface area contributed by atoms with E-state index in [1.165, 1.54) is 18.3 Å². The summed E-state index contributed by atoms with van der Waals surface area (Å²) in [5.41, 5.74) is 7.59. The van der Waals surface area contributed by atoms with Gasteiger partial charge >= 0.3 is 11.8 Å². The quantitative estimate of drug-likeness (QED) is 0.428. The van der Waals surface area contributed by atoms with E-state index in [2.05, 4.69) is 5.10 Å². The van der Waals surface area contributed by atoms with Crippen LogP contribution in [0.25, 0.3) is 0 Å². The first-order valence-corrected chi connectivity index (χ1v) is 8.25. The predicted octanol–water partition coefficient (Wildman–Crippen LogP) is 2.39. The van der Waals surface area contributed by atoms with Crippen LogP contribution in [0.5, 0.6) is 11.5 Å². The molecule has 2 amide bonds. The first-order chi connectivity index (χ1) is 12.9. The second-order valence-electron chi connectivity index (χ2n) is 5.19. The molecule has 142 valence electrons. The maximum atomic E-state index is 13.8. The number of benzene rings is 2. The number of rotatable bonds is 7. The predicted molar refractivity (Wildman–Crippen MR) is 98.3 cm³/mol. The molecule has 3 N–H and O–H groups in total. The van der Waals surface area contributed by atoms with Crippen LogP contribution in [0, 0.1) is 5.82 Å². The summed E-state index contributed by atoms with van der Waals surface area (Å²) in [7, 11) is 0. The lowest BCUT2D eigenvalue weighted by atomic mass is 10.2. The maximum Gasteiger partial charge on any atom is 0.329 e. The number of primary amides is 1. The van der Waals surface area contributed by atoms with Crippen LogP contribution in [0.3, 0.4) is 0 Å². The van der Waals surface area contributed by atoms with Crippen molar-refractivity contribution in [2.75, 3.05) is 6.61 Å². The standard InChI is InChI=1S/C18H17ClFN3O4/c1-2-26-16-8-11(9-22-23-18(25)17(21)24)6-7-15(16)27-10-12-13(19)4-3-5-14(12)20/h3-9H,2,10H2,1H3,(H2,21,24)(H,23,25)/b22-9-. The molecule has 0 heterocycles. The minimum Gasteiger partial charge on any atom is -0.490 e. The van der Waals surface area contributed by atoms with E-state index in [0.717, 1.165) is 0 Å². The van der Waals surface area contributed by atoms with Crippen molar-refractivity contribution < 1.29 is 23.5 Å². The van der Waals surface area contributed by atoms with Crippen molar-refractivity contribution >= 4 is 29.6 Å². The van der Waals surface area contributed by atoms with Gasteiger partial charge in [-0.1, -0.05) is 17.7 Å². The fourth-order valence-corrected chi connectivity index (χ4v) is 2.25. The Morgan fingerprint density at radius 1 is 1.26 bits per heavy atom. The van der Waals surface area contributed by atoms with Gasteiger partial charge in [-0.2, -0.15) is 5.10 Å². The first-order valence-electron chi connectivity index (χ1n) is 7.87. The molecular formula is C18H17ClFN3O4. The summed E-state index contributed by atoms with van der Waals surface area (Å²) in [5.74, 6) is -1.85. The number of hydrogen-bond acceptors (Lipinski definition) is 5. The van der Waals surface area contributed by atoms with Crippen LogP contribution in [0.1, 0.15) is 18.1 Å². The Kier molecular flexibility index (Phi) is 7.13. The summed E-state index contributed by atoms with van der Waals surface area (Å²) >= 11 is 5.99. The molecule has 0 aliphatic carbocycles. The van der Waals surface area contributed by atoms with Gasteiger partial charge in [0, 0.05) is 5.56 Å². The van der Waals surface area contributed by atoms with Gasteiger partial charge in [-0.25, -0.2) is 9.82 Å². The Labute approximate surface area is 159 Å². The van der Waals surface area contributed by atoms with Gasteiger partial charge in [0.05, 0.1) is 17.8 Å². The Morgan fingerprint density at radius 2 is 2.04 bits per heavy atom. The summed E-state index contributed by atoms with van der Waals surface area (Å²) in [6.45, 7) is 2.09. The van der Waals surface area contributed by atoms with E-state index in [1.54, 1.807) is 31.2 Å². The summed E-state index contributed by atoms with van der Waals surface area (Å²) in [5, 5.41) is 3.89. The molecule has 9 heteroatoms. The molecule has 7 nitrogen and oxygen atoms in total. The molecule has 0 unspecified atom stereocenters. The lowest BCUT2D eigenvalue weighted by molar-refractivity contribution is -0.137. The van der Waals surface area contributed by atoms with Crippen molar-refractivity contribution in [2.24, 2.45) is 10.8 Å². The van der Waals surface area contributed by atoms with Crippen LogP contribution >= 0.6 is 11.6 Å². The second kappa shape index (κ2) is 9.54. The van der Waals surface area contributed by atoms with Crippen molar-refractivity contribution in [3.05, 3.63) is 58.4 Å². The molecule has 0 radical (unpaired) electrons. The Hall–Kier alpha value is -3.13. The molecule has 0 aliphatic rings. The van der Waals surface area contributed by atoms with Gasteiger partial charge in [-0.3, -0.25) is 9.59 Å². The SMILES string of the molecule is CCOc1cc(/C=N\NC(=O)C(N)=O)ccc1OCc1c(F)cccc1Cl. The Balaban J connectivity index is 2.14. The third-order valence-corrected chi connectivity index (χ3v) is 3.66. The second-order valence-corrected chi connectivity index (χ2v) is 5.60. The topological polar surface area (TPSA) is 103 Å². The van der Waals surface area contributed by atoms with E-state index in [0.29, 0.717) is 23.7 Å². The summed E-state index contributed by atoms with van der Waals surface area (Å²) < 4.78 is 25.0. The lowest BCUT2D eigenvalue weighted by Gasteiger charge is -2.13. The molecule has 2 aromatic carbocycles. The van der Waals surface area contributed by atoms with E-state index in [9.17, 15) is 14.0 Å². The van der Waals surface area contributed by atoms with Crippen LogP contribution in [0.2, 0.25) is 5.02 Å². The minimum atomic E-state index is -1.14. The third-order valence-electron chi connectivity index (χ3n) is 3.30. The average molecular weight is 394 g/mol. The number of ether oxygens (including phenoxy) is 2. The van der Waals surface area contributed by atoms with E-state index in [-0.39, 0.29) is 17.2 Å². The molecule has 0 saturated carbocycles. The zero-order valence-corrected chi connectivity index (χ0v) is 15.1. The summed E-state index contributed by atoms with van der Waals surface area (Å²) in [6, 6.07) is 9.25. The molecule has 2 rings (SSSR count). The van der Waals surface area contributed by atoms with Crippen molar-refractivity contribution in [1.29, 1.82) is 0 Å². The number of nitrogens with one attached hydrogen (secondary N) is 1. The normalized spacial score (nSPS) is 10.6. The van der Waals surface area contributed by atoms with Gasteiger partial charge in [0.15, 0.2) is 11.5 Å². The molecule has 2 aromatic rings. The largest absolute Gasteiger partial charge is 0.490 e. The zero-order chi connectivity index (χ0) is 19.8. The van der Waals surface area contributed by atoms with Crippen molar-refractivity contribution in [3.8, 4) is 11.5 Å². The van der Waals surface area contributed by atoms with Gasteiger partial charge in [0.1, 0.15) is 12.4 Å². The molecule has 0 fully saturated rings. The molecule has 0 saturated heterocycles. The summed E-state index contributed by atoms with van der Waals surface area (Å²) in [4.78, 5) is 21.7. The molecular weight excluding hydrogens is 377 g/mol. The number of nitrogens with zero attached hydrogens (tertiary/aromatic N) is 1. The van der Waals surface area contributed by atoms with E-state index in [4.69, 9.17) is 26.8 Å². The number of halogens is 2. The highest BCUT2D eigenvalue weighted by atomic mass is 35.5. The molecule has 0 spiro atoms. The molecule has 0 aliphatic heterocycles. The van der Waals surface area contributed by atoms with Crippen LogP contribution in [0.15, 0.2) is 41.5 Å². The molecule has 0 bridgehead atoms. The molecule has 0 aromatic heterocycles. The number of hydrogen-bond donors (Lipinski definition) is 2. The van der Waals surface area contributed by atoms with E-state index >= 15 is 0 Å². The van der Waals surface area contributed by atoms with Gasteiger partial charge in [0.2, 0.25) is 0 Å². The van der Waals surface area contributed by atoms with Gasteiger partial charge in [-0.05, 0) is 42.8 Å². The smallest absolute Gasteiger partial charge is 0.329 e. The fraction of sp³-hybridized carbons (Fsp3) is 0.167. The Bertz CT molecular complexity index is 853. The molecule has 0 atom stereocenters. The highest BCUT2D eigenvalue weighted by Gasteiger charge is 2.11. The minimum absolute atomic E-state index is 0.0757. The summed E-state index contributed by atoms with van der Waals surface area (Å²) in [6.07, 6.45) is 1.31. The number of amides is 2. The van der Waals surface area contributed by atoms with Crippen molar-refractivity contribution in [3.63, 3.8) is 0 Å². The number of carbonyl (C=O) groups excluding carboxylic acids is 2. The highest BCUT2D eigenvalue weighted by molar-refractivity contribution is 6.34. The monoisotopic (exact) mass is 393 g/mol. The number of carbonyl (C=O) groups is 2. The van der Waals surface area contributed by atoms with Gasteiger partial charge in [0.25, 0.3) is 0 Å². The number of hydrazone groups is 1. The average Bonchev–Trinajstić information content (AvgIpc) is 2.62. The van der Waals surface area contributed by atoms with E-state index < -0.39 is 17.6 Å².